The number of pyridine rings is 1. The van der Waals surface area contributed by atoms with Crippen molar-refractivity contribution >= 4 is 41.5 Å². The quantitative estimate of drug-likeness (QED) is 0.289. The highest BCUT2D eigenvalue weighted by molar-refractivity contribution is 14.0. The molecule has 2 aromatic rings. The molecule has 1 aromatic heterocycles. The Hall–Kier alpha value is -1.95. The topological polar surface area (TPSA) is 67.8 Å². The first-order chi connectivity index (χ1) is 13.8. The second-order valence-corrected chi connectivity index (χ2v) is 6.34. The van der Waals surface area contributed by atoms with Crippen LogP contribution in [0.2, 0.25) is 5.02 Å². The van der Waals surface area contributed by atoms with Crippen LogP contribution in [0.1, 0.15) is 11.1 Å². The molecule has 0 amide bonds. The predicted octanol–water partition coefficient (Wildman–Crippen LogP) is 4.21. The number of nitrogens with one attached hydrogen (secondary N) is 2. The number of ether oxygens (including phenoxy) is 2. The van der Waals surface area contributed by atoms with Crippen LogP contribution in [0.5, 0.6) is 11.6 Å². The molecule has 1 heterocycles. The lowest BCUT2D eigenvalue weighted by Gasteiger charge is -2.15. The molecule has 166 valence electrons. The molecule has 0 bridgehead atoms. The van der Waals surface area contributed by atoms with E-state index in [4.69, 9.17) is 21.1 Å². The molecule has 1 aromatic carbocycles. The van der Waals surface area contributed by atoms with Crippen molar-refractivity contribution in [1.29, 1.82) is 0 Å². The average molecular weight is 559 g/mol. The monoisotopic (exact) mass is 558 g/mol. The minimum Gasteiger partial charge on any atom is -0.497 e. The van der Waals surface area contributed by atoms with E-state index in [-0.39, 0.29) is 36.4 Å². The van der Waals surface area contributed by atoms with Gasteiger partial charge >= 0.3 is 6.18 Å². The van der Waals surface area contributed by atoms with Gasteiger partial charge in [0.05, 0.1) is 7.11 Å². The van der Waals surface area contributed by atoms with Crippen molar-refractivity contribution in [2.75, 3.05) is 27.3 Å². The summed E-state index contributed by atoms with van der Waals surface area (Å²) in [6, 6.07) is 8.72. The van der Waals surface area contributed by atoms with Crippen LogP contribution >= 0.6 is 35.6 Å². The maximum absolute atomic E-state index is 12.4. The van der Waals surface area contributed by atoms with Crippen LogP contribution in [0.25, 0.3) is 0 Å². The molecule has 0 saturated carbocycles. The SMILES string of the molecule is CN=C(NCCc1ccc(OC)cc1Cl)NCc1cccnc1OCC(F)(F)F.I. The van der Waals surface area contributed by atoms with Crippen LogP contribution in [0, 0.1) is 0 Å². The van der Waals surface area contributed by atoms with Gasteiger partial charge in [-0.2, -0.15) is 13.2 Å². The number of guanidine groups is 1. The number of aromatic nitrogens is 1. The summed E-state index contributed by atoms with van der Waals surface area (Å²) in [7, 11) is 3.17. The maximum atomic E-state index is 12.4. The van der Waals surface area contributed by atoms with Crippen molar-refractivity contribution in [1.82, 2.24) is 15.6 Å². The number of aliphatic imine (C=N–C) groups is 1. The fraction of sp³-hybridized carbons (Fsp3) is 0.368. The molecule has 0 saturated heterocycles. The number of rotatable bonds is 8. The smallest absolute Gasteiger partial charge is 0.422 e. The third kappa shape index (κ3) is 8.82. The van der Waals surface area contributed by atoms with Gasteiger partial charge in [0.25, 0.3) is 0 Å². The number of hydrogen-bond acceptors (Lipinski definition) is 4. The van der Waals surface area contributed by atoms with Gasteiger partial charge in [0, 0.05) is 36.9 Å². The molecule has 0 atom stereocenters. The van der Waals surface area contributed by atoms with Gasteiger partial charge in [-0.15, -0.1) is 24.0 Å². The molecule has 0 unspecified atom stereocenters. The van der Waals surface area contributed by atoms with Gasteiger partial charge in [0.2, 0.25) is 5.88 Å². The van der Waals surface area contributed by atoms with E-state index in [1.165, 1.54) is 6.20 Å². The van der Waals surface area contributed by atoms with E-state index < -0.39 is 12.8 Å². The molecular formula is C19H23ClF3IN4O2. The van der Waals surface area contributed by atoms with Crippen LogP contribution < -0.4 is 20.1 Å². The van der Waals surface area contributed by atoms with Gasteiger partial charge in [-0.25, -0.2) is 4.98 Å². The molecule has 0 aliphatic heterocycles. The van der Waals surface area contributed by atoms with Crippen molar-refractivity contribution < 1.29 is 22.6 Å². The molecule has 11 heteroatoms. The summed E-state index contributed by atoms with van der Waals surface area (Å²) in [4.78, 5) is 7.96. The van der Waals surface area contributed by atoms with E-state index in [0.717, 1.165) is 5.56 Å². The van der Waals surface area contributed by atoms with Crippen molar-refractivity contribution in [3.8, 4) is 11.6 Å². The number of benzene rings is 1. The standard InChI is InChI=1S/C19H22ClF3N4O2.HI/c1-24-18(26-9-7-13-5-6-15(28-2)10-16(13)20)27-11-14-4-3-8-25-17(14)29-12-19(21,22)23;/h3-6,8,10H,7,9,11-12H2,1-2H3,(H2,24,26,27);1H. The molecule has 2 N–H and O–H groups in total. The van der Waals surface area contributed by atoms with Gasteiger partial charge in [-0.3, -0.25) is 4.99 Å². The largest absolute Gasteiger partial charge is 0.497 e. The highest BCUT2D eigenvalue weighted by atomic mass is 127. The Morgan fingerprint density at radius 1 is 1.20 bits per heavy atom. The molecule has 0 aliphatic carbocycles. The van der Waals surface area contributed by atoms with Crippen LogP contribution in [0.3, 0.4) is 0 Å². The van der Waals surface area contributed by atoms with Crippen molar-refractivity contribution in [3.05, 3.63) is 52.7 Å². The highest BCUT2D eigenvalue weighted by Crippen LogP contribution is 2.22. The fourth-order valence-corrected chi connectivity index (χ4v) is 2.68. The lowest BCUT2D eigenvalue weighted by Crippen LogP contribution is -2.38. The summed E-state index contributed by atoms with van der Waals surface area (Å²) in [6.07, 6.45) is -2.40. The Labute approximate surface area is 195 Å². The van der Waals surface area contributed by atoms with Gasteiger partial charge in [0.1, 0.15) is 5.75 Å². The Morgan fingerprint density at radius 3 is 2.60 bits per heavy atom. The molecule has 0 aliphatic rings. The minimum absolute atomic E-state index is 0. The van der Waals surface area contributed by atoms with E-state index in [0.29, 0.717) is 35.3 Å². The Bertz CT molecular complexity index is 838. The predicted molar refractivity (Wildman–Crippen MR) is 121 cm³/mol. The van der Waals surface area contributed by atoms with Gasteiger partial charge in [0.15, 0.2) is 12.6 Å². The Kier molecular flexibility index (Phi) is 11.0. The first-order valence-corrected chi connectivity index (χ1v) is 9.10. The van der Waals surface area contributed by atoms with Crippen LogP contribution in [-0.4, -0.2) is 44.4 Å². The van der Waals surface area contributed by atoms with E-state index in [9.17, 15) is 13.2 Å². The first-order valence-electron chi connectivity index (χ1n) is 8.72. The van der Waals surface area contributed by atoms with Crippen molar-refractivity contribution in [2.45, 2.75) is 19.1 Å². The second-order valence-electron chi connectivity index (χ2n) is 5.93. The number of nitrogens with zero attached hydrogens (tertiary/aromatic N) is 2. The normalized spacial score (nSPS) is 11.5. The van der Waals surface area contributed by atoms with Crippen LogP contribution in [-0.2, 0) is 13.0 Å². The molecule has 2 rings (SSSR count). The van der Waals surface area contributed by atoms with E-state index in [1.807, 2.05) is 12.1 Å². The zero-order valence-corrected chi connectivity index (χ0v) is 19.5. The van der Waals surface area contributed by atoms with E-state index >= 15 is 0 Å². The Balaban J connectivity index is 0.00000450. The summed E-state index contributed by atoms with van der Waals surface area (Å²) in [6.45, 7) is -0.646. The second kappa shape index (κ2) is 12.7. The van der Waals surface area contributed by atoms with Crippen LogP contribution in [0.4, 0.5) is 13.2 Å². The first kappa shape index (κ1) is 26.1. The highest BCUT2D eigenvalue weighted by Gasteiger charge is 2.29. The summed E-state index contributed by atoms with van der Waals surface area (Å²) in [5.41, 5.74) is 1.43. The molecule has 0 fully saturated rings. The zero-order chi connectivity index (χ0) is 21.3. The van der Waals surface area contributed by atoms with E-state index in [1.54, 1.807) is 32.4 Å². The molecule has 0 spiro atoms. The summed E-state index contributed by atoms with van der Waals surface area (Å²) < 4.78 is 47.0. The molecule has 0 radical (unpaired) electrons. The number of alkyl halides is 3. The fourth-order valence-electron chi connectivity index (χ4n) is 2.41. The number of hydrogen-bond donors (Lipinski definition) is 2. The third-order valence-electron chi connectivity index (χ3n) is 3.84. The minimum atomic E-state index is -4.43. The maximum Gasteiger partial charge on any atom is 0.422 e. The molecule has 30 heavy (non-hydrogen) atoms. The van der Waals surface area contributed by atoms with Crippen molar-refractivity contribution in [2.24, 2.45) is 4.99 Å². The molecule has 6 nitrogen and oxygen atoms in total. The summed E-state index contributed by atoms with van der Waals surface area (Å²) in [5, 5.41) is 6.76. The van der Waals surface area contributed by atoms with Gasteiger partial charge < -0.3 is 20.1 Å². The zero-order valence-electron chi connectivity index (χ0n) is 16.4. The van der Waals surface area contributed by atoms with Gasteiger partial charge in [-0.1, -0.05) is 23.7 Å². The van der Waals surface area contributed by atoms with E-state index in [2.05, 4.69) is 20.6 Å². The molecular weight excluding hydrogens is 536 g/mol. The lowest BCUT2D eigenvalue weighted by atomic mass is 10.1. The Morgan fingerprint density at radius 2 is 1.97 bits per heavy atom. The number of halogens is 5. The van der Waals surface area contributed by atoms with Gasteiger partial charge in [-0.05, 0) is 30.2 Å². The summed E-state index contributed by atoms with van der Waals surface area (Å²) >= 11 is 6.22. The summed E-state index contributed by atoms with van der Waals surface area (Å²) in [5.74, 6) is 1.10. The lowest BCUT2D eigenvalue weighted by molar-refractivity contribution is -0.154. The van der Waals surface area contributed by atoms with Crippen molar-refractivity contribution in [3.63, 3.8) is 0 Å². The average Bonchev–Trinajstić information content (AvgIpc) is 2.70. The number of methoxy groups -OCH3 is 1. The third-order valence-corrected chi connectivity index (χ3v) is 4.19. The van der Waals surface area contributed by atoms with Crippen LogP contribution in [0.15, 0.2) is 41.5 Å².